The number of carbonyl (C=O) groups is 1. The highest BCUT2D eigenvalue weighted by Crippen LogP contribution is 1.91. The van der Waals surface area contributed by atoms with E-state index in [2.05, 4.69) is 10.6 Å². The van der Waals surface area contributed by atoms with Gasteiger partial charge in [-0.1, -0.05) is 13.8 Å². The fraction of sp³-hybridized carbons (Fsp3) is 0.889. The Hall–Kier alpha value is -0.810. The molecule has 0 radical (unpaired) electrons. The Bertz CT molecular complexity index is 140. The fourth-order valence-electron chi connectivity index (χ4n) is 0.966. The third-order valence-corrected chi connectivity index (χ3v) is 2.10. The summed E-state index contributed by atoms with van der Waals surface area (Å²) in [6.45, 7) is 3.62. The monoisotopic (exact) mass is 204 g/mol. The molecular weight excluding hydrogens is 184 g/mol. The standard InChI is InChI=1S/C9H20N2O3/c1-3-7(5-12)10-9(14)11-8(4-2)6-13/h7-8,12-13H,3-6H2,1-2H3,(H2,10,11,14)/t7-,8-/m1/s1. The van der Waals surface area contributed by atoms with Crippen LogP contribution >= 0.6 is 0 Å². The number of nitrogens with one attached hydrogen (secondary N) is 2. The van der Waals surface area contributed by atoms with Crippen molar-refractivity contribution in [2.75, 3.05) is 13.2 Å². The van der Waals surface area contributed by atoms with E-state index in [0.717, 1.165) is 0 Å². The van der Waals surface area contributed by atoms with Gasteiger partial charge < -0.3 is 20.8 Å². The van der Waals surface area contributed by atoms with Crippen LogP contribution in [0.4, 0.5) is 4.79 Å². The molecule has 0 aromatic heterocycles. The summed E-state index contributed by atoms with van der Waals surface area (Å²) < 4.78 is 0. The van der Waals surface area contributed by atoms with E-state index >= 15 is 0 Å². The number of amides is 2. The predicted molar refractivity (Wildman–Crippen MR) is 54.0 cm³/mol. The van der Waals surface area contributed by atoms with Gasteiger partial charge in [-0.25, -0.2) is 4.79 Å². The molecule has 2 atom stereocenters. The minimum absolute atomic E-state index is 0.0696. The van der Waals surface area contributed by atoms with Crippen LogP contribution in [0.2, 0.25) is 0 Å². The van der Waals surface area contributed by atoms with Gasteiger partial charge in [0.15, 0.2) is 0 Å². The Morgan fingerprint density at radius 2 is 1.43 bits per heavy atom. The minimum Gasteiger partial charge on any atom is -0.394 e. The van der Waals surface area contributed by atoms with Gasteiger partial charge >= 0.3 is 6.03 Å². The van der Waals surface area contributed by atoms with Crippen molar-refractivity contribution in [3.63, 3.8) is 0 Å². The predicted octanol–water partition coefficient (Wildman–Crippen LogP) is -0.173. The zero-order chi connectivity index (χ0) is 11.0. The number of hydrogen-bond donors (Lipinski definition) is 4. The number of urea groups is 1. The Kier molecular flexibility index (Phi) is 7.14. The van der Waals surface area contributed by atoms with Gasteiger partial charge in [0.25, 0.3) is 0 Å². The molecule has 5 nitrogen and oxygen atoms in total. The van der Waals surface area contributed by atoms with E-state index in [4.69, 9.17) is 10.2 Å². The van der Waals surface area contributed by atoms with Crippen molar-refractivity contribution in [1.29, 1.82) is 0 Å². The average molecular weight is 204 g/mol. The Morgan fingerprint density at radius 1 is 1.07 bits per heavy atom. The summed E-state index contributed by atoms with van der Waals surface area (Å²) in [5, 5.41) is 22.9. The summed E-state index contributed by atoms with van der Waals surface area (Å²) in [6.07, 6.45) is 1.36. The molecule has 84 valence electrons. The molecule has 0 bridgehead atoms. The molecule has 4 N–H and O–H groups in total. The molecule has 0 unspecified atom stereocenters. The Labute approximate surface area is 84.5 Å². The van der Waals surface area contributed by atoms with E-state index in [-0.39, 0.29) is 31.3 Å². The SMILES string of the molecule is CC[C@H](CO)NC(=O)N[C@H](CC)CO. The molecule has 0 rings (SSSR count). The molecule has 0 aliphatic heterocycles. The minimum atomic E-state index is -0.341. The second-order valence-electron chi connectivity index (χ2n) is 3.19. The van der Waals surface area contributed by atoms with E-state index in [0.29, 0.717) is 12.8 Å². The van der Waals surface area contributed by atoms with Gasteiger partial charge in [-0.05, 0) is 12.8 Å². The van der Waals surface area contributed by atoms with Crippen LogP contribution < -0.4 is 10.6 Å². The molecule has 0 saturated carbocycles. The maximum Gasteiger partial charge on any atom is 0.315 e. The normalized spacial score (nSPS) is 14.6. The van der Waals surface area contributed by atoms with Crippen molar-refractivity contribution in [3.8, 4) is 0 Å². The second-order valence-corrected chi connectivity index (χ2v) is 3.19. The Morgan fingerprint density at radius 3 is 1.64 bits per heavy atom. The average Bonchev–Trinajstić information content (AvgIpc) is 2.22. The van der Waals surface area contributed by atoms with E-state index in [1.165, 1.54) is 0 Å². The summed E-state index contributed by atoms with van der Waals surface area (Å²) in [5.41, 5.74) is 0. The molecular formula is C9H20N2O3. The molecule has 0 spiro atoms. The lowest BCUT2D eigenvalue weighted by molar-refractivity contribution is 0.199. The highest BCUT2D eigenvalue weighted by Gasteiger charge is 2.12. The Balaban J connectivity index is 3.83. The first kappa shape index (κ1) is 13.2. The molecule has 0 saturated heterocycles. The van der Waals surface area contributed by atoms with Crippen LogP contribution in [0.15, 0.2) is 0 Å². The summed E-state index contributed by atoms with van der Waals surface area (Å²) in [5.74, 6) is 0. The topological polar surface area (TPSA) is 81.6 Å². The van der Waals surface area contributed by atoms with Crippen LogP contribution in [0.1, 0.15) is 26.7 Å². The zero-order valence-corrected chi connectivity index (χ0v) is 8.79. The van der Waals surface area contributed by atoms with Crippen LogP contribution in [-0.2, 0) is 0 Å². The molecule has 0 fully saturated rings. The van der Waals surface area contributed by atoms with E-state index < -0.39 is 0 Å². The lowest BCUT2D eigenvalue weighted by Crippen LogP contribution is -2.48. The first-order chi connectivity index (χ1) is 6.67. The largest absolute Gasteiger partial charge is 0.394 e. The van der Waals surface area contributed by atoms with Crippen LogP contribution in [0.3, 0.4) is 0 Å². The second kappa shape index (κ2) is 7.58. The molecule has 2 amide bonds. The van der Waals surface area contributed by atoms with Crippen LogP contribution in [0.25, 0.3) is 0 Å². The van der Waals surface area contributed by atoms with Crippen LogP contribution in [-0.4, -0.2) is 41.5 Å². The van der Waals surface area contributed by atoms with Crippen molar-refractivity contribution in [3.05, 3.63) is 0 Å². The van der Waals surface area contributed by atoms with Gasteiger partial charge in [0.1, 0.15) is 0 Å². The van der Waals surface area contributed by atoms with E-state index in [9.17, 15) is 4.79 Å². The summed E-state index contributed by atoms with van der Waals surface area (Å²) in [6, 6.07) is -0.774. The molecule has 5 heteroatoms. The first-order valence-electron chi connectivity index (χ1n) is 4.96. The number of rotatable bonds is 6. The third-order valence-electron chi connectivity index (χ3n) is 2.10. The molecule has 14 heavy (non-hydrogen) atoms. The maximum atomic E-state index is 11.3. The number of carbonyl (C=O) groups excluding carboxylic acids is 1. The zero-order valence-electron chi connectivity index (χ0n) is 8.79. The van der Waals surface area contributed by atoms with E-state index in [1.54, 1.807) is 0 Å². The molecule has 0 heterocycles. The van der Waals surface area contributed by atoms with Crippen LogP contribution in [0.5, 0.6) is 0 Å². The lowest BCUT2D eigenvalue weighted by Gasteiger charge is -2.18. The highest BCUT2D eigenvalue weighted by molar-refractivity contribution is 5.74. The van der Waals surface area contributed by atoms with Gasteiger partial charge in [-0.3, -0.25) is 0 Å². The quantitative estimate of drug-likeness (QED) is 0.485. The smallest absolute Gasteiger partial charge is 0.315 e. The summed E-state index contributed by atoms with van der Waals surface area (Å²) >= 11 is 0. The van der Waals surface area contributed by atoms with Gasteiger partial charge in [0.2, 0.25) is 0 Å². The van der Waals surface area contributed by atoms with Crippen molar-refractivity contribution in [1.82, 2.24) is 10.6 Å². The van der Waals surface area contributed by atoms with Crippen molar-refractivity contribution < 1.29 is 15.0 Å². The number of hydrogen-bond acceptors (Lipinski definition) is 3. The summed E-state index contributed by atoms with van der Waals surface area (Å²) in [7, 11) is 0. The molecule has 0 aliphatic carbocycles. The number of aliphatic hydroxyl groups is 2. The molecule has 0 aromatic rings. The van der Waals surface area contributed by atoms with Gasteiger partial charge in [0.05, 0.1) is 25.3 Å². The van der Waals surface area contributed by atoms with Crippen molar-refractivity contribution in [2.45, 2.75) is 38.8 Å². The molecule has 0 aromatic carbocycles. The van der Waals surface area contributed by atoms with Gasteiger partial charge in [-0.2, -0.15) is 0 Å². The van der Waals surface area contributed by atoms with Gasteiger partial charge in [0, 0.05) is 0 Å². The number of aliphatic hydroxyl groups excluding tert-OH is 2. The van der Waals surface area contributed by atoms with E-state index in [1.807, 2.05) is 13.8 Å². The first-order valence-corrected chi connectivity index (χ1v) is 4.96. The fourth-order valence-corrected chi connectivity index (χ4v) is 0.966. The third kappa shape index (κ3) is 5.04. The van der Waals surface area contributed by atoms with Crippen LogP contribution in [0, 0.1) is 0 Å². The van der Waals surface area contributed by atoms with Crippen molar-refractivity contribution >= 4 is 6.03 Å². The maximum absolute atomic E-state index is 11.3. The van der Waals surface area contributed by atoms with Gasteiger partial charge in [-0.15, -0.1) is 0 Å². The highest BCUT2D eigenvalue weighted by atomic mass is 16.3. The summed E-state index contributed by atoms with van der Waals surface area (Å²) in [4.78, 5) is 11.3. The van der Waals surface area contributed by atoms with Crippen molar-refractivity contribution in [2.24, 2.45) is 0 Å². The lowest BCUT2D eigenvalue weighted by atomic mass is 10.2. The molecule has 0 aliphatic rings.